The molecule has 0 unspecified atom stereocenters. The quantitative estimate of drug-likeness (QED) is 0.536. The maximum atomic E-state index is 12.7. The Labute approximate surface area is 150 Å². The fourth-order valence-corrected chi connectivity index (χ4v) is 2.23. The number of aromatic nitrogens is 1. The third-order valence-electron chi connectivity index (χ3n) is 3.59. The summed E-state index contributed by atoms with van der Waals surface area (Å²) < 4.78 is 48.3. The molecule has 3 rings (SSSR count). The highest BCUT2D eigenvalue weighted by Gasteiger charge is 2.33. The maximum Gasteiger partial charge on any atom is 0.433 e. The number of hydrazone groups is 1. The number of fused-ring (bicyclic) bond motifs is 1. The molecule has 0 atom stereocenters. The Balaban J connectivity index is 1.78. The number of nitrogens with zero attached hydrogens (tertiary/aromatic N) is 2. The van der Waals surface area contributed by atoms with Crippen LogP contribution in [0, 0.1) is 0 Å². The SMILES string of the molecule is COc1ccc(/C=N/NC(=O)c2oc3nc(C(F)(F)F)ccc3c2N)cc1. The lowest BCUT2D eigenvalue weighted by Crippen LogP contribution is -2.18. The molecule has 0 aliphatic rings. The van der Waals surface area contributed by atoms with Crippen molar-refractivity contribution in [1.82, 2.24) is 10.4 Å². The standard InChI is InChI=1S/C17H13F3N4O3/c1-26-10-4-2-9(3-5-10)8-22-24-15(25)14-13(21)11-6-7-12(17(18,19)20)23-16(11)27-14/h2-8H,21H2,1H3,(H,24,25)/b22-8+. The lowest BCUT2D eigenvalue weighted by atomic mass is 10.2. The lowest BCUT2D eigenvalue weighted by Gasteiger charge is -2.03. The van der Waals surface area contributed by atoms with Crippen LogP contribution in [0.5, 0.6) is 5.75 Å². The van der Waals surface area contributed by atoms with Crippen LogP contribution in [0.25, 0.3) is 11.1 Å². The highest BCUT2D eigenvalue weighted by molar-refractivity contribution is 6.04. The second kappa shape index (κ2) is 6.98. The van der Waals surface area contributed by atoms with Crippen molar-refractivity contribution in [2.45, 2.75) is 6.18 Å². The average Bonchev–Trinajstić information content (AvgIpc) is 2.98. The van der Waals surface area contributed by atoms with E-state index in [2.05, 4.69) is 15.5 Å². The number of anilines is 1. The molecule has 0 saturated heterocycles. The zero-order valence-corrected chi connectivity index (χ0v) is 13.9. The van der Waals surface area contributed by atoms with Crippen molar-refractivity contribution in [2.75, 3.05) is 12.8 Å². The van der Waals surface area contributed by atoms with Crippen molar-refractivity contribution in [3.05, 3.63) is 53.4 Å². The van der Waals surface area contributed by atoms with E-state index in [-0.39, 0.29) is 22.5 Å². The number of rotatable bonds is 4. The minimum absolute atomic E-state index is 0.104. The molecule has 3 aromatic rings. The van der Waals surface area contributed by atoms with Crippen LogP contribution in [0.3, 0.4) is 0 Å². The molecular formula is C17H13F3N4O3. The first-order valence-corrected chi connectivity index (χ1v) is 7.53. The fourth-order valence-electron chi connectivity index (χ4n) is 2.23. The van der Waals surface area contributed by atoms with Gasteiger partial charge in [-0.25, -0.2) is 10.4 Å². The molecule has 0 bridgehead atoms. The fraction of sp³-hybridized carbons (Fsp3) is 0.118. The van der Waals surface area contributed by atoms with Gasteiger partial charge in [-0.1, -0.05) is 0 Å². The first kappa shape index (κ1) is 18.2. The Morgan fingerprint density at radius 1 is 1.26 bits per heavy atom. The van der Waals surface area contributed by atoms with Gasteiger partial charge in [0.25, 0.3) is 0 Å². The number of nitrogens with one attached hydrogen (secondary N) is 1. The molecule has 0 spiro atoms. The van der Waals surface area contributed by atoms with Gasteiger partial charge in [0.1, 0.15) is 11.4 Å². The van der Waals surface area contributed by atoms with Crippen molar-refractivity contribution >= 4 is 28.9 Å². The van der Waals surface area contributed by atoms with E-state index in [9.17, 15) is 18.0 Å². The first-order chi connectivity index (χ1) is 12.8. The number of furan rings is 1. The van der Waals surface area contributed by atoms with Crippen LogP contribution in [0.2, 0.25) is 0 Å². The molecule has 0 aliphatic carbocycles. The molecule has 1 aromatic carbocycles. The number of nitrogen functional groups attached to an aromatic ring is 1. The zero-order valence-electron chi connectivity index (χ0n) is 13.9. The van der Waals surface area contributed by atoms with E-state index in [1.165, 1.54) is 13.3 Å². The lowest BCUT2D eigenvalue weighted by molar-refractivity contribution is -0.141. The topological polar surface area (TPSA) is 103 Å². The number of alkyl halides is 3. The van der Waals surface area contributed by atoms with E-state index in [0.717, 1.165) is 12.1 Å². The Kier molecular flexibility index (Phi) is 4.72. The van der Waals surface area contributed by atoms with E-state index in [4.69, 9.17) is 14.9 Å². The van der Waals surface area contributed by atoms with Gasteiger partial charge in [0.2, 0.25) is 11.5 Å². The number of methoxy groups -OCH3 is 1. The number of hydrogen-bond acceptors (Lipinski definition) is 6. The van der Waals surface area contributed by atoms with Crippen molar-refractivity contribution in [3.8, 4) is 5.75 Å². The summed E-state index contributed by atoms with van der Waals surface area (Å²) in [5.41, 5.74) is 7.01. The van der Waals surface area contributed by atoms with Gasteiger partial charge in [0, 0.05) is 0 Å². The summed E-state index contributed by atoms with van der Waals surface area (Å²) in [6, 6.07) is 8.72. The Morgan fingerprint density at radius 2 is 1.96 bits per heavy atom. The summed E-state index contributed by atoms with van der Waals surface area (Å²) in [7, 11) is 1.54. The number of nitrogens with two attached hydrogens (primary N) is 1. The minimum Gasteiger partial charge on any atom is -0.497 e. The van der Waals surface area contributed by atoms with E-state index in [1.807, 2.05) is 0 Å². The van der Waals surface area contributed by atoms with Crippen molar-refractivity contribution < 1.29 is 27.1 Å². The molecular weight excluding hydrogens is 365 g/mol. The molecule has 10 heteroatoms. The molecule has 3 N–H and O–H groups in total. The molecule has 0 aliphatic heterocycles. The van der Waals surface area contributed by atoms with Gasteiger partial charge in [0.15, 0.2) is 0 Å². The van der Waals surface area contributed by atoms with Crippen LogP contribution in [-0.4, -0.2) is 24.2 Å². The van der Waals surface area contributed by atoms with Crippen LogP contribution in [0.15, 0.2) is 45.9 Å². The minimum atomic E-state index is -4.64. The van der Waals surface area contributed by atoms with E-state index < -0.39 is 17.8 Å². The summed E-state index contributed by atoms with van der Waals surface area (Å²) >= 11 is 0. The molecule has 140 valence electrons. The smallest absolute Gasteiger partial charge is 0.433 e. The molecule has 0 saturated carbocycles. The predicted molar refractivity (Wildman–Crippen MR) is 91.5 cm³/mol. The van der Waals surface area contributed by atoms with Gasteiger partial charge >= 0.3 is 12.1 Å². The largest absolute Gasteiger partial charge is 0.497 e. The van der Waals surface area contributed by atoms with Crippen molar-refractivity contribution in [2.24, 2.45) is 5.10 Å². The highest BCUT2D eigenvalue weighted by atomic mass is 19.4. The van der Waals surface area contributed by atoms with Gasteiger partial charge in [-0.05, 0) is 42.0 Å². The monoisotopic (exact) mass is 378 g/mol. The van der Waals surface area contributed by atoms with Gasteiger partial charge in [-0.3, -0.25) is 4.79 Å². The molecule has 1 amide bonds. The molecule has 2 aromatic heterocycles. The maximum absolute atomic E-state index is 12.7. The van der Waals surface area contributed by atoms with E-state index in [0.29, 0.717) is 11.3 Å². The second-order valence-electron chi connectivity index (χ2n) is 5.36. The summed E-state index contributed by atoms with van der Waals surface area (Å²) in [5, 5.41) is 3.86. The highest BCUT2D eigenvalue weighted by Crippen LogP contribution is 2.32. The van der Waals surface area contributed by atoms with Gasteiger partial charge in [-0.2, -0.15) is 18.3 Å². The Bertz CT molecular complexity index is 1010. The second-order valence-corrected chi connectivity index (χ2v) is 5.36. The number of carbonyl (C=O) groups excluding carboxylic acids is 1. The van der Waals surface area contributed by atoms with Crippen LogP contribution in [0.1, 0.15) is 21.8 Å². The molecule has 27 heavy (non-hydrogen) atoms. The van der Waals surface area contributed by atoms with Gasteiger partial charge < -0.3 is 14.9 Å². The number of amides is 1. The first-order valence-electron chi connectivity index (χ1n) is 7.53. The van der Waals surface area contributed by atoms with Crippen LogP contribution in [0.4, 0.5) is 18.9 Å². The van der Waals surface area contributed by atoms with Gasteiger partial charge in [-0.15, -0.1) is 0 Å². The number of carbonyl (C=O) groups is 1. The molecule has 0 radical (unpaired) electrons. The zero-order chi connectivity index (χ0) is 19.6. The summed E-state index contributed by atoms with van der Waals surface area (Å²) in [6.45, 7) is 0. The average molecular weight is 378 g/mol. The predicted octanol–water partition coefficient (Wildman–Crippen LogP) is 3.20. The normalized spacial score (nSPS) is 11.9. The third kappa shape index (κ3) is 3.84. The number of hydrogen-bond donors (Lipinski definition) is 2. The Hall–Kier alpha value is -3.56. The number of pyridine rings is 1. The summed E-state index contributed by atoms with van der Waals surface area (Å²) in [5.74, 6) is -0.524. The number of ether oxygens (including phenoxy) is 1. The van der Waals surface area contributed by atoms with Crippen LogP contribution < -0.4 is 15.9 Å². The van der Waals surface area contributed by atoms with Gasteiger partial charge in [0.05, 0.1) is 24.4 Å². The summed E-state index contributed by atoms with van der Waals surface area (Å²) in [4.78, 5) is 15.5. The molecule has 7 nitrogen and oxygen atoms in total. The van der Waals surface area contributed by atoms with Crippen LogP contribution in [-0.2, 0) is 6.18 Å². The molecule has 0 fully saturated rings. The van der Waals surface area contributed by atoms with E-state index >= 15 is 0 Å². The number of benzene rings is 1. The Morgan fingerprint density at radius 3 is 2.59 bits per heavy atom. The van der Waals surface area contributed by atoms with Crippen LogP contribution >= 0.6 is 0 Å². The summed E-state index contributed by atoms with van der Waals surface area (Å²) in [6.07, 6.45) is -3.27. The third-order valence-corrected chi connectivity index (χ3v) is 3.59. The van der Waals surface area contributed by atoms with Crippen molar-refractivity contribution in [1.29, 1.82) is 0 Å². The van der Waals surface area contributed by atoms with E-state index in [1.54, 1.807) is 24.3 Å². The number of halogens is 3. The van der Waals surface area contributed by atoms with Crippen molar-refractivity contribution in [3.63, 3.8) is 0 Å². The molecule has 2 heterocycles.